The van der Waals surface area contributed by atoms with Crippen LogP contribution in [0, 0.1) is 0 Å². The van der Waals surface area contributed by atoms with Crippen LogP contribution in [0.5, 0.6) is 17.2 Å². The highest BCUT2D eigenvalue weighted by Crippen LogP contribution is 2.26. The third kappa shape index (κ3) is 2.25. The fraction of sp³-hybridized carbons (Fsp3) is 0.133. The Bertz CT molecular complexity index is 702. The van der Waals surface area contributed by atoms with E-state index < -0.39 is 0 Å². The van der Waals surface area contributed by atoms with Crippen molar-refractivity contribution in [2.24, 2.45) is 7.05 Å². The minimum Gasteiger partial charge on any atom is -0.497 e. The maximum Gasteiger partial charge on any atom is 0.129 e. The van der Waals surface area contributed by atoms with Crippen molar-refractivity contribution in [3.05, 3.63) is 48.8 Å². The second-order valence-electron chi connectivity index (χ2n) is 4.28. The molecule has 0 amide bonds. The number of hydrogen-bond acceptors (Lipinski definition) is 3. The molecule has 0 aliphatic heterocycles. The molecule has 0 N–H and O–H groups in total. The summed E-state index contributed by atoms with van der Waals surface area (Å²) < 4.78 is 12.9. The average Bonchev–Trinajstić information content (AvgIpc) is 2.81. The normalized spacial score (nSPS) is 10.6. The number of fused-ring (bicyclic) bond motifs is 1. The van der Waals surface area contributed by atoms with Crippen LogP contribution in [-0.2, 0) is 7.05 Å². The fourth-order valence-corrected chi connectivity index (χ4v) is 1.95. The highest BCUT2D eigenvalue weighted by Gasteiger charge is 2.03. The van der Waals surface area contributed by atoms with Crippen LogP contribution in [0.4, 0.5) is 0 Å². The summed E-state index contributed by atoms with van der Waals surface area (Å²) in [6.07, 6.45) is 1.79. The van der Waals surface area contributed by atoms with Crippen LogP contribution in [0.2, 0.25) is 0 Å². The molecule has 2 aromatic carbocycles. The Morgan fingerprint density at radius 3 is 2.37 bits per heavy atom. The Kier molecular flexibility index (Phi) is 2.83. The molecule has 3 rings (SSSR count). The minimum absolute atomic E-state index is 0.780. The van der Waals surface area contributed by atoms with Gasteiger partial charge in [0.15, 0.2) is 0 Å². The predicted octanol–water partition coefficient (Wildman–Crippen LogP) is 3.37. The van der Waals surface area contributed by atoms with Crippen LogP contribution < -0.4 is 9.47 Å². The second-order valence-corrected chi connectivity index (χ2v) is 4.28. The third-order valence-corrected chi connectivity index (χ3v) is 2.99. The number of imidazole rings is 1. The number of rotatable bonds is 3. The van der Waals surface area contributed by atoms with Gasteiger partial charge < -0.3 is 14.0 Å². The molecule has 0 aliphatic carbocycles. The first-order valence-electron chi connectivity index (χ1n) is 5.99. The molecule has 0 saturated heterocycles. The Balaban J connectivity index is 1.89. The number of aromatic nitrogens is 2. The van der Waals surface area contributed by atoms with Crippen molar-refractivity contribution in [1.29, 1.82) is 0 Å². The van der Waals surface area contributed by atoms with Gasteiger partial charge >= 0.3 is 0 Å². The smallest absolute Gasteiger partial charge is 0.129 e. The van der Waals surface area contributed by atoms with Crippen LogP contribution >= 0.6 is 0 Å². The van der Waals surface area contributed by atoms with E-state index in [-0.39, 0.29) is 0 Å². The van der Waals surface area contributed by atoms with Gasteiger partial charge in [-0.15, -0.1) is 0 Å². The maximum atomic E-state index is 5.81. The molecular formula is C15H14N2O2. The van der Waals surface area contributed by atoms with Crippen LogP contribution in [-0.4, -0.2) is 16.7 Å². The third-order valence-electron chi connectivity index (χ3n) is 2.99. The van der Waals surface area contributed by atoms with Gasteiger partial charge in [-0.3, -0.25) is 0 Å². The lowest BCUT2D eigenvalue weighted by Gasteiger charge is -2.07. The molecule has 4 heteroatoms. The van der Waals surface area contributed by atoms with Crippen molar-refractivity contribution in [2.75, 3.05) is 7.11 Å². The molecule has 4 nitrogen and oxygen atoms in total. The van der Waals surface area contributed by atoms with E-state index in [0.29, 0.717) is 0 Å². The summed E-state index contributed by atoms with van der Waals surface area (Å²) in [4.78, 5) is 4.28. The molecule has 1 heterocycles. The molecule has 0 bridgehead atoms. The van der Waals surface area contributed by atoms with E-state index >= 15 is 0 Å². The summed E-state index contributed by atoms with van der Waals surface area (Å²) in [5.74, 6) is 2.39. The molecule has 3 aromatic rings. The van der Waals surface area contributed by atoms with E-state index in [1.807, 2.05) is 54.1 Å². The van der Waals surface area contributed by atoms with Gasteiger partial charge in [-0.2, -0.15) is 0 Å². The number of ether oxygens (including phenoxy) is 2. The van der Waals surface area contributed by atoms with Crippen molar-refractivity contribution < 1.29 is 9.47 Å². The van der Waals surface area contributed by atoms with Crippen molar-refractivity contribution in [3.8, 4) is 17.2 Å². The van der Waals surface area contributed by atoms with E-state index in [1.54, 1.807) is 13.4 Å². The Morgan fingerprint density at radius 1 is 0.947 bits per heavy atom. The van der Waals surface area contributed by atoms with Crippen molar-refractivity contribution in [3.63, 3.8) is 0 Å². The lowest BCUT2D eigenvalue weighted by atomic mass is 10.3. The van der Waals surface area contributed by atoms with Crippen molar-refractivity contribution in [1.82, 2.24) is 9.55 Å². The summed E-state index contributed by atoms with van der Waals surface area (Å²) in [5, 5.41) is 0. The first-order valence-corrected chi connectivity index (χ1v) is 5.99. The highest BCUT2D eigenvalue weighted by molar-refractivity contribution is 5.77. The molecule has 0 unspecified atom stereocenters. The topological polar surface area (TPSA) is 36.3 Å². The molecule has 96 valence electrons. The SMILES string of the molecule is COc1ccc(Oc2ccc3ncn(C)c3c2)cc1. The van der Waals surface area contributed by atoms with E-state index in [1.165, 1.54) is 0 Å². The maximum absolute atomic E-state index is 5.81. The molecule has 0 fully saturated rings. The molecule has 19 heavy (non-hydrogen) atoms. The quantitative estimate of drug-likeness (QED) is 0.719. The Morgan fingerprint density at radius 2 is 1.63 bits per heavy atom. The van der Waals surface area contributed by atoms with Crippen LogP contribution in [0.15, 0.2) is 48.8 Å². The molecule has 0 spiro atoms. The Hall–Kier alpha value is -2.49. The zero-order valence-electron chi connectivity index (χ0n) is 10.8. The summed E-state index contributed by atoms with van der Waals surface area (Å²) in [5.41, 5.74) is 2.01. The van der Waals surface area contributed by atoms with Gasteiger partial charge in [-0.1, -0.05) is 0 Å². The van der Waals surface area contributed by atoms with Gasteiger partial charge in [0, 0.05) is 13.1 Å². The fourth-order valence-electron chi connectivity index (χ4n) is 1.95. The van der Waals surface area contributed by atoms with Crippen LogP contribution in [0.25, 0.3) is 11.0 Å². The highest BCUT2D eigenvalue weighted by atomic mass is 16.5. The van der Waals surface area contributed by atoms with Crippen LogP contribution in [0.1, 0.15) is 0 Å². The van der Waals surface area contributed by atoms with E-state index in [0.717, 1.165) is 28.3 Å². The second kappa shape index (κ2) is 4.65. The summed E-state index contributed by atoms with van der Waals surface area (Å²) >= 11 is 0. The number of nitrogens with zero attached hydrogens (tertiary/aromatic N) is 2. The molecule has 0 radical (unpaired) electrons. The zero-order valence-corrected chi connectivity index (χ0v) is 10.8. The first-order chi connectivity index (χ1) is 9.26. The minimum atomic E-state index is 0.780. The van der Waals surface area contributed by atoms with Crippen molar-refractivity contribution >= 4 is 11.0 Å². The van der Waals surface area contributed by atoms with E-state index in [9.17, 15) is 0 Å². The van der Waals surface area contributed by atoms with Crippen LogP contribution in [0.3, 0.4) is 0 Å². The van der Waals surface area contributed by atoms with Gasteiger partial charge in [-0.05, 0) is 36.4 Å². The van der Waals surface area contributed by atoms with Gasteiger partial charge in [0.05, 0.1) is 24.5 Å². The summed E-state index contributed by atoms with van der Waals surface area (Å²) in [7, 11) is 3.61. The number of methoxy groups -OCH3 is 1. The molecule has 0 saturated carbocycles. The zero-order chi connectivity index (χ0) is 13.2. The molecule has 0 aliphatic rings. The standard InChI is InChI=1S/C15H14N2O2/c1-17-10-16-14-8-7-13(9-15(14)17)19-12-5-3-11(18-2)4-6-12/h3-10H,1-2H3. The molecular weight excluding hydrogens is 240 g/mol. The van der Waals surface area contributed by atoms with E-state index in [2.05, 4.69) is 4.98 Å². The lowest BCUT2D eigenvalue weighted by molar-refractivity contribution is 0.413. The van der Waals surface area contributed by atoms with Crippen molar-refractivity contribution in [2.45, 2.75) is 0 Å². The number of hydrogen-bond donors (Lipinski definition) is 0. The average molecular weight is 254 g/mol. The van der Waals surface area contributed by atoms with Gasteiger partial charge in [0.25, 0.3) is 0 Å². The Labute approximate surface area is 111 Å². The number of benzene rings is 2. The summed E-state index contributed by atoms with van der Waals surface area (Å²) in [6.45, 7) is 0. The van der Waals surface area contributed by atoms with Gasteiger partial charge in [0.1, 0.15) is 17.2 Å². The first kappa shape index (κ1) is 11.6. The largest absolute Gasteiger partial charge is 0.497 e. The van der Waals surface area contributed by atoms with Gasteiger partial charge in [0.2, 0.25) is 0 Å². The lowest BCUT2D eigenvalue weighted by Crippen LogP contribution is -1.87. The van der Waals surface area contributed by atoms with E-state index in [4.69, 9.17) is 9.47 Å². The molecule has 0 atom stereocenters. The monoisotopic (exact) mass is 254 g/mol. The number of aryl methyl sites for hydroxylation is 1. The van der Waals surface area contributed by atoms with Gasteiger partial charge in [-0.25, -0.2) is 4.98 Å². The predicted molar refractivity (Wildman–Crippen MR) is 73.8 cm³/mol. The summed E-state index contributed by atoms with van der Waals surface area (Å²) in [6, 6.07) is 13.4. The molecule has 1 aromatic heterocycles.